The zero-order chi connectivity index (χ0) is 13.1. The molecular formula is C15H23FN2. The van der Waals surface area contributed by atoms with Crippen LogP contribution in [-0.4, -0.2) is 19.6 Å². The van der Waals surface area contributed by atoms with E-state index in [1.165, 1.54) is 12.8 Å². The maximum atomic E-state index is 13.7. The minimum absolute atomic E-state index is 0.136. The third-order valence-corrected chi connectivity index (χ3v) is 3.79. The Morgan fingerprint density at radius 1 is 1.33 bits per heavy atom. The van der Waals surface area contributed by atoms with Gasteiger partial charge in [0.25, 0.3) is 0 Å². The first-order valence-corrected chi connectivity index (χ1v) is 6.81. The second kappa shape index (κ2) is 5.70. The molecule has 0 aromatic heterocycles. The van der Waals surface area contributed by atoms with Crippen LogP contribution < -0.4 is 10.2 Å². The van der Waals surface area contributed by atoms with E-state index >= 15 is 0 Å². The van der Waals surface area contributed by atoms with Crippen molar-refractivity contribution in [2.45, 2.75) is 39.3 Å². The number of benzene rings is 1. The number of nitrogens with zero attached hydrogens (tertiary/aromatic N) is 1. The first kappa shape index (κ1) is 13.3. The fourth-order valence-corrected chi connectivity index (χ4v) is 2.90. The van der Waals surface area contributed by atoms with Gasteiger partial charge in [-0.15, -0.1) is 0 Å². The van der Waals surface area contributed by atoms with Crippen LogP contribution in [0.4, 0.5) is 10.1 Å². The summed E-state index contributed by atoms with van der Waals surface area (Å²) in [5.74, 6) is 0.644. The van der Waals surface area contributed by atoms with Crippen LogP contribution in [0.1, 0.15) is 32.3 Å². The van der Waals surface area contributed by atoms with Crippen molar-refractivity contribution in [2.24, 2.45) is 5.92 Å². The van der Waals surface area contributed by atoms with E-state index in [1.807, 2.05) is 7.05 Å². The van der Waals surface area contributed by atoms with Crippen LogP contribution in [0.15, 0.2) is 18.2 Å². The summed E-state index contributed by atoms with van der Waals surface area (Å²) in [5, 5.41) is 3.07. The predicted molar refractivity (Wildman–Crippen MR) is 74.4 cm³/mol. The van der Waals surface area contributed by atoms with Crippen LogP contribution in [0.5, 0.6) is 0 Å². The monoisotopic (exact) mass is 250 g/mol. The van der Waals surface area contributed by atoms with Crippen molar-refractivity contribution >= 4 is 5.69 Å². The summed E-state index contributed by atoms with van der Waals surface area (Å²) < 4.78 is 13.7. The molecule has 3 heteroatoms. The molecule has 0 spiro atoms. The molecular weight excluding hydrogens is 227 g/mol. The highest BCUT2D eigenvalue weighted by molar-refractivity contribution is 5.50. The third kappa shape index (κ3) is 3.02. The van der Waals surface area contributed by atoms with E-state index < -0.39 is 0 Å². The predicted octanol–water partition coefficient (Wildman–Crippen LogP) is 3.17. The van der Waals surface area contributed by atoms with Gasteiger partial charge in [-0.2, -0.15) is 0 Å². The molecule has 1 saturated heterocycles. The lowest BCUT2D eigenvalue weighted by atomic mass is 9.93. The van der Waals surface area contributed by atoms with Crippen molar-refractivity contribution in [2.75, 3.05) is 18.5 Å². The highest BCUT2D eigenvalue weighted by Gasteiger charge is 2.23. The topological polar surface area (TPSA) is 15.3 Å². The molecule has 0 bridgehead atoms. The van der Waals surface area contributed by atoms with Crippen LogP contribution in [0, 0.1) is 11.7 Å². The van der Waals surface area contributed by atoms with Gasteiger partial charge in [0.05, 0.1) is 0 Å². The molecule has 2 unspecified atom stereocenters. The number of rotatable bonds is 3. The summed E-state index contributed by atoms with van der Waals surface area (Å²) in [4.78, 5) is 2.34. The quantitative estimate of drug-likeness (QED) is 0.886. The van der Waals surface area contributed by atoms with Crippen LogP contribution >= 0.6 is 0 Å². The molecule has 1 N–H and O–H groups in total. The summed E-state index contributed by atoms with van der Waals surface area (Å²) in [6.07, 6.45) is 2.39. The van der Waals surface area contributed by atoms with Crippen LogP contribution in [0.25, 0.3) is 0 Å². The second-order valence-corrected chi connectivity index (χ2v) is 5.52. The molecule has 2 atom stereocenters. The molecule has 0 radical (unpaired) electrons. The van der Waals surface area contributed by atoms with Gasteiger partial charge in [0, 0.05) is 24.8 Å². The number of piperidine rings is 1. The molecule has 0 aliphatic carbocycles. The number of nitrogens with one attached hydrogen (secondary N) is 1. The molecule has 1 aliphatic rings. The minimum Gasteiger partial charge on any atom is -0.369 e. The molecule has 0 amide bonds. The average Bonchev–Trinajstić information content (AvgIpc) is 2.28. The summed E-state index contributed by atoms with van der Waals surface area (Å²) in [5.41, 5.74) is 2.04. The van der Waals surface area contributed by atoms with Gasteiger partial charge in [-0.05, 0) is 56.5 Å². The lowest BCUT2D eigenvalue weighted by Gasteiger charge is -2.38. The van der Waals surface area contributed by atoms with Gasteiger partial charge in [-0.3, -0.25) is 0 Å². The average molecular weight is 250 g/mol. The van der Waals surface area contributed by atoms with Crippen molar-refractivity contribution < 1.29 is 4.39 Å². The van der Waals surface area contributed by atoms with E-state index in [0.717, 1.165) is 23.7 Å². The fourth-order valence-electron chi connectivity index (χ4n) is 2.90. The lowest BCUT2D eigenvalue weighted by Crippen LogP contribution is -2.40. The van der Waals surface area contributed by atoms with E-state index in [-0.39, 0.29) is 5.82 Å². The van der Waals surface area contributed by atoms with Crippen molar-refractivity contribution in [3.8, 4) is 0 Å². The summed E-state index contributed by atoms with van der Waals surface area (Å²) >= 11 is 0. The van der Waals surface area contributed by atoms with Gasteiger partial charge < -0.3 is 10.2 Å². The molecule has 1 aromatic rings. The van der Waals surface area contributed by atoms with E-state index in [2.05, 4.69) is 30.1 Å². The number of hydrogen-bond acceptors (Lipinski definition) is 2. The van der Waals surface area contributed by atoms with Gasteiger partial charge in [-0.1, -0.05) is 6.92 Å². The molecule has 0 saturated carbocycles. The van der Waals surface area contributed by atoms with E-state index in [4.69, 9.17) is 0 Å². The van der Waals surface area contributed by atoms with Gasteiger partial charge in [-0.25, -0.2) is 4.39 Å². The largest absolute Gasteiger partial charge is 0.369 e. The standard InChI is InChI=1S/C15H23FN2/c1-11-4-5-18(12(2)6-11)15-8-13(10-17-3)7-14(16)9-15/h7-9,11-12,17H,4-6,10H2,1-3H3. The Hall–Kier alpha value is -1.09. The number of hydrogen-bond donors (Lipinski definition) is 1. The zero-order valence-electron chi connectivity index (χ0n) is 11.5. The van der Waals surface area contributed by atoms with E-state index in [1.54, 1.807) is 12.1 Å². The zero-order valence-corrected chi connectivity index (χ0v) is 11.5. The number of anilines is 1. The highest BCUT2D eigenvalue weighted by Crippen LogP contribution is 2.28. The van der Waals surface area contributed by atoms with Gasteiger partial charge in [0.2, 0.25) is 0 Å². The first-order valence-electron chi connectivity index (χ1n) is 6.81. The highest BCUT2D eigenvalue weighted by atomic mass is 19.1. The summed E-state index contributed by atoms with van der Waals surface area (Å²) in [6, 6.07) is 5.87. The number of halogens is 1. The Bertz CT molecular complexity index is 405. The Balaban J connectivity index is 2.21. The molecule has 2 nitrogen and oxygen atoms in total. The van der Waals surface area contributed by atoms with Crippen molar-refractivity contribution in [3.05, 3.63) is 29.6 Å². The Morgan fingerprint density at radius 3 is 2.78 bits per heavy atom. The normalized spacial score (nSPS) is 24.3. The van der Waals surface area contributed by atoms with E-state index in [9.17, 15) is 4.39 Å². The molecule has 1 fully saturated rings. The van der Waals surface area contributed by atoms with Gasteiger partial charge in [0.15, 0.2) is 0 Å². The molecule has 100 valence electrons. The third-order valence-electron chi connectivity index (χ3n) is 3.79. The molecule has 18 heavy (non-hydrogen) atoms. The lowest BCUT2D eigenvalue weighted by molar-refractivity contribution is 0.377. The van der Waals surface area contributed by atoms with Crippen LogP contribution in [0.3, 0.4) is 0 Å². The molecule has 1 aliphatic heterocycles. The Kier molecular flexibility index (Phi) is 4.23. The summed E-state index contributed by atoms with van der Waals surface area (Å²) in [7, 11) is 1.88. The smallest absolute Gasteiger partial charge is 0.125 e. The van der Waals surface area contributed by atoms with E-state index in [0.29, 0.717) is 12.6 Å². The Morgan fingerprint density at radius 2 is 2.11 bits per heavy atom. The van der Waals surface area contributed by atoms with Gasteiger partial charge >= 0.3 is 0 Å². The van der Waals surface area contributed by atoms with Crippen molar-refractivity contribution in [1.82, 2.24) is 5.32 Å². The molecule has 1 heterocycles. The van der Waals surface area contributed by atoms with Crippen LogP contribution in [-0.2, 0) is 6.54 Å². The SMILES string of the molecule is CNCc1cc(F)cc(N2CCC(C)CC2C)c1. The minimum atomic E-state index is -0.136. The van der Waals surface area contributed by atoms with Gasteiger partial charge in [0.1, 0.15) is 5.82 Å². The van der Waals surface area contributed by atoms with Crippen molar-refractivity contribution in [3.63, 3.8) is 0 Å². The molecule has 2 rings (SSSR count). The second-order valence-electron chi connectivity index (χ2n) is 5.52. The molecule has 1 aromatic carbocycles. The maximum absolute atomic E-state index is 13.7. The maximum Gasteiger partial charge on any atom is 0.125 e. The van der Waals surface area contributed by atoms with Crippen molar-refractivity contribution in [1.29, 1.82) is 0 Å². The summed E-state index contributed by atoms with van der Waals surface area (Å²) in [6.45, 7) is 6.28. The first-order chi connectivity index (χ1) is 8.60. The van der Waals surface area contributed by atoms with Crippen LogP contribution in [0.2, 0.25) is 0 Å². The Labute approximate surface area is 109 Å². The fraction of sp³-hybridized carbons (Fsp3) is 0.600.